The number of unbranched alkanes of at least 4 members (excludes halogenated alkanes) is 3. The van der Waals surface area contributed by atoms with Gasteiger partial charge in [-0.15, -0.1) is 0 Å². The molecular formula is C13H15F5O. The van der Waals surface area contributed by atoms with E-state index >= 15 is 0 Å². The maximum Gasteiger partial charge on any atom is 0.200 e. The van der Waals surface area contributed by atoms with Gasteiger partial charge in [0.1, 0.15) is 0 Å². The van der Waals surface area contributed by atoms with Gasteiger partial charge in [-0.05, 0) is 6.42 Å². The highest BCUT2D eigenvalue weighted by atomic mass is 19.2. The number of hydrogen-bond acceptors (Lipinski definition) is 1. The topological polar surface area (TPSA) is 9.23 Å². The third-order valence-corrected chi connectivity index (χ3v) is 2.69. The van der Waals surface area contributed by atoms with Gasteiger partial charge in [0.2, 0.25) is 5.82 Å². The van der Waals surface area contributed by atoms with Crippen molar-refractivity contribution in [3.05, 3.63) is 34.6 Å². The summed E-state index contributed by atoms with van der Waals surface area (Å²) in [5.41, 5.74) is -0.924. The van der Waals surface area contributed by atoms with Crippen LogP contribution in [0.25, 0.3) is 0 Å². The molecular weight excluding hydrogens is 267 g/mol. The van der Waals surface area contributed by atoms with Crippen molar-refractivity contribution in [3.63, 3.8) is 0 Å². The Labute approximate surface area is 108 Å². The van der Waals surface area contributed by atoms with Crippen molar-refractivity contribution >= 4 is 0 Å². The Morgan fingerprint density at radius 3 is 1.79 bits per heavy atom. The van der Waals surface area contributed by atoms with Gasteiger partial charge in [-0.3, -0.25) is 0 Å². The van der Waals surface area contributed by atoms with Crippen molar-refractivity contribution in [2.45, 2.75) is 39.2 Å². The van der Waals surface area contributed by atoms with Gasteiger partial charge in [0.15, 0.2) is 23.3 Å². The minimum atomic E-state index is -2.15. The average Bonchev–Trinajstić information content (AvgIpc) is 2.41. The first-order valence-electron chi connectivity index (χ1n) is 6.08. The maximum absolute atomic E-state index is 13.2. The van der Waals surface area contributed by atoms with Gasteiger partial charge in [0.25, 0.3) is 0 Å². The highest BCUT2D eigenvalue weighted by Crippen LogP contribution is 2.23. The fourth-order valence-corrected chi connectivity index (χ4v) is 1.58. The van der Waals surface area contributed by atoms with Crippen molar-refractivity contribution in [3.8, 4) is 0 Å². The standard InChI is InChI=1S/C13H15F5O/c1-2-3-4-5-6-19-7-8-9(14)11(16)13(18)12(17)10(8)15/h2-7H2,1H3. The molecule has 1 nitrogen and oxygen atoms in total. The van der Waals surface area contributed by atoms with Crippen molar-refractivity contribution in [1.29, 1.82) is 0 Å². The molecule has 6 heteroatoms. The minimum absolute atomic E-state index is 0.222. The molecule has 108 valence electrons. The Balaban J connectivity index is 2.64. The van der Waals surface area contributed by atoms with Crippen molar-refractivity contribution in [2.24, 2.45) is 0 Å². The summed E-state index contributed by atoms with van der Waals surface area (Å²) in [6, 6.07) is 0. The first-order valence-corrected chi connectivity index (χ1v) is 6.08. The van der Waals surface area contributed by atoms with Gasteiger partial charge in [-0.25, -0.2) is 22.0 Å². The second kappa shape index (κ2) is 7.43. The van der Waals surface area contributed by atoms with Gasteiger partial charge >= 0.3 is 0 Å². The summed E-state index contributed by atoms with van der Waals surface area (Å²) in [7, 11) is 0. The second-order valence-corrected chi connectivity index (χ2v) is 4.16. The first kappa shape index (κ1) is 15.9. The SMILES string of the molecule is CCCCCCOCc1c(F)c(F)c(F)c(F)c1F. The zero-order valence-electron chi connectivity index (χ0n) is 10.5. The predicted octanol–water partition coefficient (Wildman–Crippen LogP) is 4.48. The second-order valence-electron chi connectivity index (χ2n) is 4.16. The number of hydrogen-bond donors (Lipinski definition) is 0. The zero-order chi connectivity index (χ0) is 14.4. The zero-order valence-corrected chi connectivity index (χ0v) is 10.5. The fraction of sp³-hybridized carbons (Fsp3) is 0.538. The van der Waals surface area contributed by atoms with E-state index in [1.165, 1.54) is 0 Å². The molecule has 0 aliphatic heterocycles. The Morgan fingerprint density at radius 1 is 0.737 bits per heavy atom. The third-order valence-electron chi connectivity index (χ3n) is 2.69. The van der Waals surface area contributed by atoms with Gasteiger partial charge in [0, 0.05) is 6.61 Å². The van der Waals surface area contributed by atoms with Gasteiger partial charge in [-0.1, -0.05) is 26.2 Å². The molecule has 0 aliphatic carbocycles. The van der Waals surface area contributed by atoms with E-state index in [1.807, 2.05) is 6.92 Å². The summed E-state index contributed by atoms with van der Waals surface area (Å²) in [5.74, 6) is -9.69. The van der Waals surface area contributed by atoms with Crippen LogP contribution in [0.2, 0.25) is 0 Å². The molecule has 0 heterocycles. The lowest BCUT2D eigenvalue weighted by Gasteiger charge is -2.09. The summed E-state index contributed by atoms with van der Waals surface area (Å²) < 4.78 is 69.9. The highest BCUT2D eigenvalue weighted by Gasteiger charge is 2.25. The molecule has 0 fully saturated rings. The molecule has 0 bridgehead atoms. The molecule has 19 heavy (non-hydrogen) atoms. The lowest BCUT2D eigenvalue weighted by Crippen LogP contribution is -2.09. The van der Waals surface area contributed by atoms with Gasteiger partial charge in [-0.2, -0.15) is 0 Å². The van der Waals surface area contributed by atoms with Crippen LogP contribution in [0.4, 0.5) is 22.0 Å². The van der Waals surface area contributed by atoms with Gasteiger partial charge in [0.05, 0.1) is 12.2 Å². The van der Waals surface area contributed by atoms with Crippen molar-refractivity contribution in [2.75, 3.05) is 6.61 Å². The van der Waals surface area contributed by atoms with Gasteiger partial charge < -0.3 is 4.74 Å². The molecule has 1 aromatic rings. The summed E-state index contributed by atoms with van der Waals surface area (Å²) in [6.07, 6.45) is 3.61. The number of rotatable bonds is 7. The van der Waals surface area contributed by atoms with Crippen molar-refractivity contribution in [1.82, 2.24) is 0 Å². The quantitative estimate of drug-likeness (QED) is 0.310. The fourth-order valence-electron chi connectivity index (χ4n) is 1.58. The van der Waals surface area contributed by atoms with Crippen LogP contribution in [-0.4, -0.2) is 6.61 Å². The van der Waals surface area contributed by atoms with Crippen LogP contribution in [0.1, 0.15) is 38.2 Å². The highest BCUT2D eigenvalue weighted by molar-refractivity contribution is 5.23. The molecule has 0 saturated heterocycles. The normalized spacial score (nSPS) is 11.1. The molecule has 0 atom stereocenters. The summed E-state index contributed by atoms with van der Waals surface area (Å²) in [4.78, 5) is 0. The molecule has 0 aliphatic rings. The smallest absolute Gasteiger partial charge is 0.200 e. The van der Waals surface area contributed by atoms with E-state index < -0.39 is 41.3 Å². The molecule has 0 radical (unpaired) electrons. The van der Waals surface area contributed by atoms with E-state index in [0.29, 0.717) is 6.42 Å². The van der Waals surface area contributed by atoms with E-state index in [-0.39, 0.29) is 6.61 Å². The third kappa shape index (κ3) is 3.89. The molecule has 1 rings (SSSR count). The lowest BCUT2D eigenvalue weighted by atomic mass is 10.2. The van der Waals surface area contributed by atoms with Crippen LogP contribution in [0.15, 0.2) is 0 Å². The molecule has 0 amide bonds. The Morgan fingerprint density at radius 2 is 1.26 bits per heavy atom. The van der Waals surface area contributed by atoms with Crippen LogP contribution in [-0.2, 0) is 11.3 Å². The Bertz CT molecular complexity index is 405. The molecule has 0 N–H and O–H groups in total. The molecule has 0 saturated carbocycles. The monoisotopic (exact) mass is 282 g/mol. The number of benzene rings is 1. The van der Waals surface area contributed by atoms with Crippen LogP contribution >= 0.6 is 0 Å². The molecule has 0 unspecified atom stereocenters. The molecule has 0 aromatic heterocycles. The predicted molar refractivity (Wildman–Crippen MR) is 60.0 cm³/mol. The number of ether oxygens (including phenoxy) is 1. The Hall–Kier alpha value is -1.17. The van der Waals surface area contributed by atoms with Crippen LogP contribution in [0.3, 0.4) is 0 Å². The molecule has 1 aromatic carbocycles. The summed E-state index contributed by atoms with van der Waals surface area (Å²) >= 11 is 0. The van der Waals surface area contributed by atoms with E-state index in [4.69, 9.17) is 4.74 Å². The van der Waals surface area contributed by atoms with E-state index in [9.17, 15) is 22.0 Å². The first-order chi connectivity index (χ1) is 9.00. The average molecular weight is 282 g/mol. The van der Waals surface area contributed by atoms with Crippen LogP contribution in [0, 0.1) is 29.1 Å². The Kier molecular flexibility index (Phi) is 6.21. The van der Waals surface area contributed by atoms with Crippen molar-refractivity contribution < 1.29 is 26.7 Å². The maximum atomic E-state index is 13.2. The summed E-state index contributed by atoms with van der Waals surface area (Å²) in [6.45, 7) is 1.62. The number of halogens is 5. The van der Waals surface area contributed by atoms with E-state index in [2.05, 4.69) is 0 Å². The summed E-state index contributed by atoms with van der Waals surface area (Å²) in [5, 5.41) is 0. The lowest BCUT2D eigenvalue weighted by molar-refractivity contribution is 0.110. The van der Waals surface area contributed by atoms with E-state index in [0.717, 1.165) is 19.3 Å². The van der Waals surface area contributed by atoms with E-state index in [1.54, 1.807) is 0 Å². The largest absolute Gasteiger partial charge is 0.377 e. The van der Waals surface area contributed by atoms with Crippen LogP contribution in [0.5, 0.6) is 0 Å². The minimum Gasteiger partial charge on any atom is -0.377 e. The molecule has 0 spiro atoms. The van der Waals surface area contributed by atoms with Crippen LogP contribution < -0.4 is 0 Å².